The number of aryl methyl sites for hydroxylation is 1. The van der Waals surface area contributed by atoms with Gasteiger partial charge in [-0.05, 0) is 59.2 Å². The van der Waals surface area contributed by atoms with Gasteiger partial charge in [0.1, 0.15) is 18.1 Å². The van der Waals surface area contributed by atoms with Crippen LogP contribution in [-0.2, 0) is 6.61 Å². The second-order valence-corrected chi connectivity index (χ2v) is 8.42. The summed E-state index contributed by atoms with van der Waals surface area (Å²) in [6.45, 7) is 2.62. The molecule has 0 fully saturated rings. The molecule has 172 valence electrons. The van der Waals surface area contributed by atoms with Crippen LogP contribution in [0.25, 0.3) is 10.8 Å². The predicted molar refractivity (Wildman–Crippen MR) is 144 cm³/mol. The molecule has 0 spiro atoms. The van der Waals surface area contributed by atoms with Gasteiger partial charge in [-0.3, -0.25) is 0 Å². The predicted octanol–water partition coefficient (Wildman–Crippen LogP) is 7.90. The maximum absolute atomic E-state index is 6.15. The van der Waals surface area contributed by atoms with E-state index in [4.69, 9.17) is 14.5 Å². The summed E-state index contributed by atoms with van der Waals surface area (Å²) in [4.78, 5) is 5.07. The van der Waals surface area contributed by atoms with E-state index in [1.165, 1.54) is 0 Å². The quantitative estimate of drug-likeness (QED) is 0.233. The molecule has 3 heteroatoms. The molecule has 0 aliphatic heterocycles. The molecule has 0 amide bonds. The number of nitrogens with zero attached hydrogens (tertiary/aromatic N) is 1. The first-order valence-electron chi connectivity index (χ1n) is 11.7. The Morgan fingerprint density at radius 3 is 2.00 bits per heavy atom. The van der Waals surface area contributed by atoms with Gasteiger partial charge in [0.2, 0.25) is 0 Å². The molecule has 3 nitrogen and oxygen atoms in total. The van der Waals surface area contributed by atoms with Gasteiger partial charge in [0, 0.05) is 11.1 Å². The van der Waals surface area contributed by atoms with Crippen LogP contribution >= 0.6 is 0 Å². The highest BCUT2D eigenvalue weighted by atomic mass is 16.5. The second kappa shape index (κ2) is 10.3. The molecular formula is C32H27NO2. The van der Waals surface area contributed by atoms with Crippen molar-refractivity contribution in [3.8, 4) is 11.5 Å². The first-order valence-corrected chi connectivity index (χ1v) is 11.7. The van der Waals surface area contributed by atoms with Gasteiger partial charge in [0.15, 0.2) is 0 Å². The van der Waals surface area contributed by atoms with Crippen molar-refractivity contribution in [2.75, 3.05) is 7.11 Å². The van der Waals surface area contributed by atoms with Crippen molar-refractivity contribution in [2.45, 2.75) is 13.5 Å². The summed E-state index contributed by atoms with van der Waals surface area (Å²) in [5.41, 5.74) is 6.30. The largest absolute Gasteiger partial charge is 0.497 e. The van der Waals surface area contributed by atoms with Gasteiger partial charge in [-0.2, -0.15) is 0 Å². The lowest BCUT2D eigenvalue weighted by molar-refractivity contribution is 0.304. The van der Waals surface area contributed by atoms with Crippen molar-refractivity contribution in [1.82, 2.24) is 0 Å². The van der Waals surface area contributed by atoms with Crippen LogP contribution in [-0.4, -0.2) is 12.8 Å². The number of methoxy groups -OCH3 is 1. The second-order valence-electron chi connectivity index (χ2n) is 8.42. The SMILES string of the molecule is COc1ccc(COc2ccc3cc(N=C(c4ccccc4)c4ccccc4)ccc3c2C)cc1. The third kappa shape index (κ3) is 5.10. The first-order chi connectivity index (χ1) is 17.2. The highest BCUT2D eigenvalue weighted by Crippen LogP contribution is 2.31. The maximum atomic E-state index is 6.15. The number of hydrogen-bond acceptors (Lipinski definition) is 3. The van der Waals surface area contributed by atoms with Crippen molar-refractivity contribution in [3.63, 3.8) is 0 Å². The van der Waals surface area contributed by atoms with Gasteiger partial charge in [0.25, 0.3) is 0 Å². The molecule has 35 heavy (non-hydrogen) atoms. The van der Waals surface area contributed by atoms with E-state index in [0.717, 1.165) is 55.9 Å². The van der Waals surface area contributed by atoms with E-state index in [2.05, 4.69) is 55.5 Å². The molecule has 0 heterocycles. The molecule has 0 atom stereocenters. The summed E-state index contributed by atoms with van der Waals surface area (Å²) >= 11 is 0. The van der Waals surface area contributed by atoms with Crippen molar-refractivity contribution in [1.29, 1.82) is 0 Å². The molecule has 0 saturated heterocycles. The Hall–Kier alpha value is -4.37. The zero-order valence-corrected chi connectivity index (χ0v) is 19.9. The van der Waals surface area contributed by atoms with Crippen LogP contribution in [0, 0.1) is 6.92 Å². The topological polar surface area (TPSA) is 30.8 Å². The Kier molecular flexibility index (Phi) is 6.58. The fourth-order valence-corrected chi connectivity index (χ4v) is 4.18. The third-order valence-corrected chi connectivity index (χ3v) is 6.11. The van der Waals surface area contributed by atoms with E-state index >= 15 is 0 Å². The van der Waals surface area contributed by atoms with Gasteiger partial charge in [-0.15, -0.1) is 0 Å². The van der Waals surface area contributed by atoms with E-state index in [1.807, 2.05) is 66.7 Å². The molecule has 0 aliphatic rings. The van der Waals surface area contributed by atoms with E-state index in [0.29, 0.717) is 6.61 Å². The highest BCUT2D eigenvalue weighted by molar-refractivity contribution is 6.14. The molecule has 0 aromatic heterocycles. The standard InChI is InChI=1S/C32H27NO2/c1-23-30-19-16-28(33-32(25-9-5-3-6-10-25)26-11-7-4-8-12-26)21-27(30)15-20-31(23)35-22-24-13-17-29(34-2)18-14-24/h3-21H,22H2,1-2H3. The molecule has 0 saturated carbocycles. The molecule has 0 aliphatic carbocycles. The zero-order valence-electron chi connectivity index (χ0n) is 19.9. The average molecular weight is 458 g/mol. The Morgan fingerprint density at radius 1 is 0.714 bits per heavy atom. The third-order valence-electron chi connectivity index (χ3n) is 6.11. The van der Waals surface area contributed by atoms with E-state index < -0.39 is 0 Å². The molecule has 5 aromatic carbocycles. The average Bonchev–Trinajstić information content (AvgIpc) is 2.92. The summed E-state index contributed by atoms with van der Waals surface area (Å²) in [6.07, 6.45) is 0. The Labute approximate surface area is 206 Å². The molecule has 5 aromatic rings. The Bertz CT molecular complexity index is 1420. The summed E-state index contributed by atoms with van der Waals surface area (Å²) in [6, 6.07) is 39.1. The van der Waals surface area contributed by atoms with Crippen LogP contribution in [0.3, 0.4) is 0 Å². The number of aliphatic imine (C=N–C) groups is 1. The molecule has 0 radical (unpaired) electrons. The minimum atomic E-state index is 0.510. The van der Waals surface area contributed by atoms with Crippen LogP contribution in [0.5, 0.6) is 11.5 Å². The molecule has 0 bridgehead atoms. The molecule has 0 unspecified atom stereocenters. The lowest BCUT2D eigenvalue weighted by Gasteiger charge is -2.13. The van der Waals surface area contributed by atoms with E-state index in [-0.39, 0.29) is 0 Å². The Balaban J connectivity index is 1.44. The van der Waals surface area contributed by atoms with E-state index in [1.54, 1.807) is 7.11 Å². The molecular weight excluding hydrogens is 430 g/mol. The van der Waals surface area contributed by atoms with Crippen LogP contribution in [0.15, 0.2) is 120 Å². The summed E-state index contributed by atoms with van der Waals surface area (Å²) in [5.74, 6) is 1.73. The van der Waals surface area contributed by atoms with Crippen molar-refractivity contribution < 1.29 is 9.47 Å². The van der Waals surface area contributed by atoms with Gasteiger partial charge in [-0.1, -0.05) is 84.9 Å². The highest BCUT2D eigenvalue weighted by Gasteiger charge is 2.09. The number of benzene rings is 5. The van der Waals surface area contributed by atoms with E-state index in [9.17, 15) is 0 Å². The van der Waals surface area contributed by atoms with Crippen molar-refractivity contribution >= 4 is 22.2 Å². The van der Waals surface area contributed by atoms with Crippen molar-refractivity contribution in [3.05, 3.63) is 138 Å². The van der Waals surface area contributed by atoms with Crippen molar-refractivity contribution in [2.24, 2.45) is 4.99 Å². The monoisotopic (exact) mass is 457 g/mol. The molecule has 5 rings (SSSR count). The summed E-state index contributed by atoms with van der Waals surface area (Å²) in [7, 11) is 1.67. The number of rotatable bonds is 7. The van der Waals surface area contributed by atoms with Gasteiger partial charge in [0.05, 0.1) is 18.5 Å². The summed E-state index contributed by atoms with van der Waals surface area (Å²) < 4.78 is 11.4. The minimum Gasteiger partial charge on any atom is -0.497 e. The van der Waals surface area contributed by atoms with Crippen LogP contribution in [0.1, 0.15) is 22.3 Å². The fourth-order valence-electron chi connectivity index (χ4n) is 4.18. The summed E-state index contributed by atoms with van der Waals surface area (Å²) in [5, 5.41) is 2.30. The minimum absolute atomic E-state index is 0.510. The lowest BCUT2D eigenvalue weighted by atomic mass is 10.0. The lowest BCUT2D eigenvalue weighted by Crippen LogP contribution is -2.02. The van der Waals surface area contributed by atoms with Gasteiger partial charge < -0.3 is 9.47 Å². The van der Waals surface area contributed by atoms with Crippen LogP contribution in [0.2, 0.25) is 0 Å². The van der Waals surface area contributed by atoms with Gasteiger partial charge >= 0.3 is 0 Å². The normalized spacial score (nSPS) is 10.7. The fraction of sp³-hybridized carbons (Fsp3) is 0.0938. The zero-order chi connectivity index (χ0) is 24.0. The van der Waals surface area contributed by atoms with Gasteiger partial charge in [-0.25, -0.2) is 4.99 Å². The number of fused-ring (bicyclic) bond motifs is 1. The molecule has 0 N–H and O–H groups in total. The van der Waals surface area contributed by atoms with Crippen LogP contribution in [0.4, 0.5) is 5.69 Å². The smallest absolute Gasteiger partial charge is 0.123 e. The first kappa shape index (κ1) is 22.4. The maximum Gasteiger partial charge on any atom is 0.123 e. The Morgan fingerprint density at radius 2 is 1.37 bits per heavy atom. The van der Waals surface area contributed by atoms with Crippen LogP contribution < -0.4 is 9.47 Å². The number of hydrogen-bond donors (Lipinski definition) is 0. The number of ether oxygens (including phenoxy) is 2.